The molecular weight excluding hydrogens is 150 g/mol. The van der Waals surface area contributed by atoms with Gasteiger partial charge in [-0.25, -0.2) is 0 Å². The number of hydrogen-bond donors (Lipinski definition) is 0. The Morgan fingerprint density at radius 2 is 2.33 bits per heavy atom. The van der Waals surface area contributed by atoms with Gasteiger partial charge in [-0.1, -0.05) is 25.4 Å². The molecule has 0 bridgehead atoms. The van der Waals surface area contributed by atoms with E-state index in [1.807, 2.05) is 6.92 Å². The summed E-state index contributed by atoms with van der Waals surface area (Å²) in [5.74, 6) is 0.601. The first-order valence-electron chi connectivity index (χ1n) is 4.80. The Morgan fingerprint density at radius 1 is 1.67 bits per heavy atom. The van der Waals surface area contributed by atoms with Gasteiger partial charge in [-0.2, -0.15) is 0 Å². The molecule has 0 aliphatic carbocycles. The smallest absolute Gasteiger partial charge is 0.142 e. The van der Waals surface area contributed by atoms with Crippen molar-refractivity contribution >= 4 is 5.71 Å². The Hall–Kier alpha value is -0.530. The molecule has 2 atom stereocenters. The zero-order valence-electron chi connectivity index (χ0n) is 8.55. The van der Waals surface area contributed by atoms with E-state index < -0.39 is 0 Å². The lowest BCUT2D eigenvalue weighted by molar-refractivity contribution is -0.0463. The molecule has 1 aliphatic heterocycles. The Labute approximate surface area is 75.0 Å². The van der Waals surface area contributed by atoms with Crippen molar-refractivity contribution in [1.82, 2.24) is 0 Å². The minimum absolute atomic E-state index is 0.0277. The van der Waals surface area contributed by atoms with Gasteiger partial charge in [-0.3, -0.25) is 0 Å². The highest BCUT2D eigenvalue weighted by Crippen LogP contribution is 2.33. The van der Waals surface area contributed by atoms with Crippen molar-refractivity contribution in [2.24, 2.45) is 11.1 Å². The first-order valence-corrected chi connectivity index (χ1v) is 4.80. The summed E-state index contributed by atoms with van der Waals surface area (Å²) in [6, 6.07) is 0. The highest BCUT2D eigenvalue weighted by atomic mass is 16.7. The predicted molar refractivity (Wildman–Crippen MR) is 51.3 cm³/mol. The van der Waals surface area contributed by atoms with E-state index in [1.165, 1.54) is 12.8 Å². The van der Waals surface area contributed by atoms with Crippen LogP contribution in [0.3, 0.4) is 0 Å². The third-order valence-electron chi connectivity index (χ3n) is 2.78. The van der Waals surface area contributed by atoms with Gasteiger partial charge >= 0.3 is 0 Å². The second kappa shape index (κ2) is 3.46. The number of nitrogens with zero attached hydrogens (tertiary/aromatic N) is 1. The van der Waals surface area contributed by atoms with E-state index in [0.717, 1.165) is 12.1 Å². The molecule has 1 heterocycles. The molecule has 2 heteroatoms. The van der Waals surface area contributed by atoms with E-state index in [9.17, 15) is 0 Å². The summed E-state index contributed by atoms with van der Waals surface area (Å²) >= 11 is 0. The summed E-state index contributed by atoms with van der Waals surface area (Å²) in [4.78, 5) is 5.46. The fourth-order valence-electron chi connectivity index (χ4n) is 1.76. The van der Waals surface area contributed by atoms with Gasteiger partial charge in [0.15, 0.2) is 0 Å². The maximum atomic E-state index is 5.46. The van der Waals surface area contributed by atoms with Gasteiger partial charge in [0.25, 0.3) is 0 Å². The third kappa shape index (κ3) is 1.79. The fourth-order valence-corrected chi connectivity index (χ4v) is 1.76. The van der Waals surface area contributed by atoms with Crippen LogP contribution in [0.1, 0.15) is 47.0 Å². The van der Waals surface area contributed by atoms with Crippen LogP contribution in [0.4, 0.5) is 0 Å². The van der Waals surface area contributed by atoms with Crippen LogP contribution in [0.2, 0.25) is 0 Å². The summed E-state index contributed by atoms with van der Waals surface area (Å²) in [6.45, 7) is 8.65. The van der Waals surface area contributed by atoms with E-state index >= 15 is 0 Å². The van der Waals surface area contributed by atoms with Gasteiger partial charge in [0, 0.05) is 6.42 Å². The molecule has 1 aliphatic rings. The summed E-state index contributed by atoms with van der Waals surface area (Å²) in [5.41, 5.74) is 1.10. The van der Waals surface area contributed by atoms with Crippen LogP contribution >= 0.6 is 0 Å². The molecule has 0 amide bonds. The van der Waals surface area contributed by atoms with Crippen LogP contribution in [0.15, 0.2) is 5.16 Å². The molecule has 0 fully saturated rings. The highest BCUT2D eigenvalue weighted by molar-refractivity contribution is 5.83. The summed E-state index contributed by atoms with van der Waals surface area (Å²) in [7, 11) is 0. The summed E-state index contributed by atoms with van der Waals surface area (Å²) in [5, 5.41) is 4.01. The van der Waals surface area contributed by atoms with Gasteiger partial charge < -0.3 is 4.84 Å². The van der Waals surface area contributed by atoms with E-state index in [4.69, 9.17) is 4.84 Å². The Bertz CT molecular complexity index is 188. The minimum atomic E-state index is -0.0277. The lowest BCUT2D eigenvalue weighted by Crippen LogP contribution is -2.32. The van der Waals surface area contributed by atoms with Crippen molar-refractivity contribution in [3.8, 4) is 0 Å². The Morgan fingerprint density at radius 3 is 2.75 bits per heavy atom. The van der Waals surface area contributed by atoms with Crippen molar-refractivity contribution < 1.29 is 4.84 Å². The van der Waals surface area contributed by atoms with Gasteiger partial charge in [-0.15, -0.1) is 0 Å². The van der Waals surface area contributed by atoms with Crippen LogP contribution < -0.4 is 0 Å². The van der Waals surface area contributed by atoms with Gasteiger partial charge in [0.05, 0.1) is 5.71 Å². The van der Waals surface area contributed by atoms with Crippen LogP contribution in [-0.4, -0.2) is 11.3 Å². The van der Waals surface area contributed by atoms with Crippen molar-refractivity contribution in [2.75, 3.05) is 0 Å². The van der Waals surface area contributed by atoms with Crippen LogP contribution in [-0.2, 0) is 4.84 Å². The molecule has 0 radical (unpaired) electrons. The first-order chi connectivity index (χ1) is 5.58. The zero-order valence-corrected chi connectivity index (χ0v) is 8.55. The SMILES string of the molecule is CCCC(C)C1(C)CC(C)=NO1. The standard InChI is InChI=1S/C10H19NO/c1-5-6-8(2)10(4)7-9(3)11-12-10/h8H,5-7H2,1-4H3. The van der Waals surface area contributed by atoms with Crippen molar-refractivity contribution in [3.05, 3.63) is 0 Å². The molecule has 0 saturated heterocycles. The maximum absolute atomic E-state index is 5.46. The fraction of sp³-hybridized carbons (Fsp3) is 0.900. The van der Waals surface area contributed by atoms with E-state index in [2.05, 4.69) is 25.9 Å². The molecule has 12 heavy (non-hydrogen) atoms. The number of rotatable bonds is 3. The zero-order chi connectivity index (χ0) is 9.19. The molecule has 2 unspecified atom stereocenters. The van der Waals surface area contributed by atoms with Crippen LogP contribution in [0.25, 0.3) is 0 Å². The Balaban J connectivity index is 2.51. The normalized spacial score (nSPS) is 31.2. The maximum Gasteiger partial charge on any atom is 0.142 e. The molecule has 0 saturated carbocycles. The van der Waals surface area contributed by atoms with E-state index in [1.54, 1.807) is 0 Å². The molecule has 0 N–H and O–H groups in total. The molecule has 70 valence electrons. The first kappa shape index (κ1) is 9.56. The molecule has 0 aromatic rings. The quantitative estimate of drug-likeness (QED) is 0.636. The average Bonchev–Trinajstić information content (AvgIpc) is 2.33. The third-order valence-corrected chi connectivity index (χ3v) is 2.78. The molecule has 1 rings (SSSR count). The van der Waals surface area contributed by atoms with Crippen molar-refractivity contribution in [3.63, 3.8) is 0 Å². The monoisotopic (exact) mass is 169 g/mol. The van der Waals surface area contributed by atoms with E-state index in [-0.39, 0.29) is 5.60 Å². The van der Waals surface area contributed by atoms with Crippen molar-refractivity contribution in [1.29, 1.82) is 0 Å². The molecule has 0 aromatic carbocycles. The minimum Gasteiger partial charge on any atom is -0.389 e. The van der Waals surface area contributed by atoms with Gasteiger partial charge in [0.2, 0.25) is 0 Å². The topological polar surface area (TPSA) is 21.6 Å². The molecular formula is C10H19NO. The number of oxime groups is 1. The van der Waals surface area contributed by atoms with Gasteiger partial charge in [-0.05, 0) is 26.2 Å². The Kier molecular flexibility index (Phi) is 2.76. The average molecular weight is 169 g/mol. The lowest BCUT2D eigenvalue weighted by Gasteiger charge is -2.28. The molecule has 2 nitrogen and oxygen atoms in total. The summed E-state index contributed by atoms with van der Waals surface area (Å²) in [6.07, 6.45) is 3.44. The second-order valence-corrected chi connectivity index (χ2v) is 4.10. The second-order valence-electron chi connectivity index (χ2n) is 4.10. The number of hydrogen-bond acceptors (Lipinski definition) is 2. The molecule has 0 spiro atoms. The van der Waals surface area contributed by atoms with E-state index in [0.29, 0.717) is 5.92 Å². The van der Waals surface area contributed by atoms with Crippen LogP contribution in [0.5, 0.6) is 0 Å². The predicted octanol–water partition coefficient (Wildman–Crippen LogP) is 2.98. The van der Waals surface area contributed by atoms with Gasteiger partial charge in [0.1, 0.15) is 5.60 Å². The largest absolute Gasteiger partial charge is 0.389 e. The van der Waals surface area contributed by atoms with Crippen LogP contribution in [0, 0.1) is 5.92 Å². The van der Waals surface area contributed by atoms with Crippen molar-refractivity contribution in [2.45, 2.75) is 52.6 Å². The highest BCUT2D eigenvalue weighted by Gasteiger charge is 2.37. The summed E-state index contributed by atoms with van der Waals surface area (Å²) < 4.78 is 0. The molecule has 0 aromatic heterocycles. The lowest BCUT2D eigenvalue weighted by atomic mass is 9.84.